The summed E-state index contributed by atoms with van der Waals surface area (Å²) < 4.78 is 37.7. The van der Waals surface area contributed by atoms with Crippen molar-refractivity contribution in [1.29, 1.82) is 0 Å². The lowest BCUT2D eigenvalue weighted by Crippen LogP contribution is -2.09. The maximum absolute atomic E-state index is 11.6. The van der Waals surface area contributed by atoms with E-state index in [1.807, 2.05) is 0 Å². The molecule has 0 aliphatic heterocycles. The van der Waals surface area contributed by atoms with Crippen LogP contribution >= 0.6 is 10.7 Å². The molecule has 0 aromatic heterocycles. The third-order valence-corrected chi connectivity index (χ3v) is 3.78. The number of esters is 1. The van der Waals surface area contributed by atoms with Gasteiger partial charge in [-0.3, -0.25) is 4.79 Å². The number of benzene rings is 1. The van der Waals surface area contributed by atoms with E-state index in [1.165, 1.54) is 33.5 Å². The first-order chi connectivity index (χ1) is 8.83. The summed E-state index contributed by atoms with van der Waals surface area (Å²) in [5.74, 6) is -0.245. The van der Waals surface area contributed by atoms with E-state index in [4.69, 9.17) is 20.2 Å². The Kier molecular flexibility index (Phi) is 5.02. The highest BCUT2D eigenvalue weighted by atomic mass is 35.7. The molecule has 0 saturated carbocycles. The van der Waals surface area contributed by atoms with Crippen LogP contribution in [0, 0.1) is 0 Å². The van der Waals surface area contributed by atoms with Gasteiger partial charge in [0.2, 0.25) is 0 Å². The van der Waals surface area contributed by atoms with E-state index >= 15 is 0 Å². The molecule has 0 fully saturated rings. The monoisotopic (exact) mass is 308 g/mol. The molecule has 0 saturated heterocycles. The van der Waals surface area contributed by atoms with Gasteiger partial charge in [-0.2, -0.15) is 0 Å². The fraction of sp³-hybridized carbons (Fsp3) is 0.364. The molecule has 0 bridgehead atoms. The Morgan fingerprint density at radius 1 is 1.21 bits per heavy atom. The molecule has 0 radical (unpaired) electrons. The molecule has 0 heterocycles. The predicted octanol–water partition coefficient (Wildman–Crippen LogP) is 1.35. The van der Waals surface area contributed by atoms with Gasteiger partial charge in [-0.1, -0.05) is 0 Å². The third kappa shape index (κ3) is 3.74. The van der Waals surface area contributed by atoms with Crippen LogP contribution in [-0.4, -0.2) is 35.7 Å². The number of carbonyl (C=O) groups excluding carboxylic acids is 1. The van der Waals surface area contributed by atoms with Crippen molar-refractivity contribution in [3.05, 3.63) is 17.7 Å². The van der Waals surface area contributed by atoms with Crippen molar-refractivity contribution in [3.63, 3.8) is 0 Å². The van der Waals surface area contributed by atoms with E-state index in [-0.39, 0.29) is 22.6 Å². The summed E-state index contributed by atoms with van der Waals surface area (Å²) >= 11 is 0. The standard InChI is InChI=1S/C11H13ClO6S/c1-16-8-4-7(5-10(13)18-3)11(19(12,14)15)9(6-8)17-2/h4,6H,5H2,1-3H3. The second-order valence-corrected chi connectivity index (χ2v) is 6.01. The van der Waals surface area contributed by atoms with Crippen molar-refractivity contribution in [2.45, 2.75) is 11.3 Å². The Hall–Kier alpha value is -1.47. The second kappa shape index (κ2) is 6.12. The highest BCUT2D eigenvalue weighted by molar-refractivity contribution is 8.13. The molecule has 0 aliphatic rings. The van der Waals surface area contributed by atoms with Crippen molar-refractivity contribution >= 4 is 25.7 Å². The molecule has 0 spiro atoms. The van der Waals surface area contributed by atoms with Gasteiger partial charge < -0.3 is 14.2 Å². The first kappa shape index (κ1) is 15.6. The molecule has 0 unspecified atom stereocenters. The van der Waals surface area contributed by atoms with Crippen LogP contribution in [0.3, 0.4) is 0 Å². The SMILES string of the molecule is COC(=O)Cc1cc(OC)cc(OC)c1S(=O)(=O)Cl. The Labute approximate surface area is 115 Å². The van der Waals surface area contributed by atoms with Crippen LogP contribution in [0.2, 0.25) is 0 Å². The summed E-state index contributed by atoms with van der Waals surface area (Å²) in [6.45, 7) is 0. The topological polar surface area (TPSA) is 78.9 Å². The minimum atomic E-state index is -4.07. The minimum Gasteiger partial charge on any atom is -0.497 e. The number of carbonyl (C=O) groups is 1. The third-order valence-electron chi connectivity index (χ3n) is 2.37. The zero-order chi connectivity index (χ0) is 14.6. The number of hydrogen-bond acceptors (Lipinski definition) is 6. The highest BCUT2D eigenvalue weighted by Crippen LogP contribution is 2.35. The highest BCUT2D eigenvalue weighted by Gasteiger charge is 2.24. The first-order valence-corrected chi connectivity index (χ1v) is 7.40. The van der Waals surface area contributed by atoms with Crippen molar-refractivity contribution in [1.82, 2.24) is 0 Å². The molecule has 0 aliphatic carbocycles. The molecule has 19 heavy (non-hydrogen) atoms. The van der Waals surface area contributed by atoms with Crippen LogP contribution in [0.1, 0.15) is 5.56 Å². The summed E-state index contributed by atoms with van der Waals surface area (Å²) in [7, 11) is 5.20. The molecule has 0 N–H and O–H groups in total. The average Bonchev–Trinajstić information content (AvgIpc) is 2.35. The smallest absolute Gasteiger partial charge is 0.310 e. The van der Waals surface area contributed by atoms with Gasteiger partial charge in [-0.15, -0.1) is 0 Å². The molecular formula is C11H13ClO6S. The molecule has 8 heteroatoms. The van der Waals surface area contributed by atoms with Crippen LogP contribution in [0.15, 0.2) is 17.0 Å². The molecule has 106 valence electrons. The molecule has 0 amide bonds. The van der Waals surface area contributed by atoms with Gasteiger partial charge >= 0.3 is 5.97 Å². The number of ether oxygens (including phenoxy) is 3. The lowest BCUT2D eigenvalue weighted by molar-refractivity contribution is -0.139. The molecule has 1 aromatic rings. The lowest BCUT2D eigenvalue weighted by Gasteiger charge is -2.13. The maximum Gasteiger partial charge on any atom is 0.310 e. The van der Waals surface area contributed by atoms with E-state index in [0.29, 0.717) is 5.75 Å². The minimum absolute atomic E-state index is 0.00764. The Balaban J connectivity index is 3.51. The number of rotatable bonds is 5. The van der Waals surface area contributed by atoms with E-state index in [9.17, 15) is 13.2 Å². The zero-order valence-electron chi connectivity index (χ0n) is 10.6. The zero-order valence-corrected chi connectivity index (χ0v) is 12.2. The quantitative estimate of drug-likeness (QED) is 0.603. The predicted molar refractivity (Wildman–Crippen MR) is 68.3 cm³/mol. The normalized spacial score (nSPS) is 10.9. The Morgan fingerprint density at radius 3 is 2.26 bits per heavy atom. The fourth-order valence-corrected chi connectivity index (χ4v) is 2.89. The van der Waals surface area contributed by atoms with Gasteiger partial charge in [0.15, 0.2) is 0 Å². The summed E-state index contributed by atoms with van der Waals surface area (Å²) in [4.78, 5) is 11.1. The van der Waals surface area contributed by atoms with Gasteiger partial charge in [0.05, 0.1) is 27.8 Å². The number of methoxy groups -OCH3 is 3. The largest absolute Gasteiger partial charge is 0.497 e. The van der Waals surface area contributed by atoms with Crippen LogP contribution in [0.4, 0.5) is 0 Å². The molecular weight excluding hydrogens is 296 g/mol. The number of halogens is 1. The average molecular weight is 309 g/mol. The fourth-order valence-electron chi connectivity index (χ4n) is 1.54. The van der Waals surface area contributed by atoms with Gasteiger partial charge in [0.1, 0.15) is 16.4 Å². The molecule has 1 rings (SSSR count). The van der Waals surface area contributed by atoms with E-state index in [0.717, 1.165) is 0 Å². The Morgan fingerprint density at radius 2 is 1.84 bits per heavy atom. The van der Waals surface area contributed by atoms with Crippen LogP contribution < -0.4 is 9.47 Å². The van der Waals surface area contributed by atoms with Crippen LogP contribution in [-0.2, 0) is 25.0 Å². The summed E-state index contributed by atoms with van der Waals surface area (Å²) in [5.41, 5.74) is 0.151. The van der Waals surface area contributed by atoms with Crippen LogP contribution in [0.5, 0.6) is 11.5 Å². The molecule has 0 atom stereocenters. The molecule has 1 aromatic carbocycles. The number of hydrogen-bond donors (Lipinski definition) is 0. The van der Waals surface area contributed by atoms with Gasteiger partial charge in [-0.05, 0) is 11.6 Å². The molecule has 6 nitrogen and oxygen atoms in total. The Bertz CT molecular complexity index is 581. The summed E-state index contributed by atoms with van der Waals surface area (Å²) in [6.07, 6.45) is -0.259. The van der Waals surface area contributed by atoms with E-state index in [1.54, 1.807) is 0 Å². The van der Waals surface area contributed by atoms with Crippen molar-refractivity contribution < 1.29 is 27.4 Å². The summed E-state index contributed by atoms with van der Waals surface area (Å²) in [6, 6.07) is 2.77. The van der Waals surface area contributed by atoms with Gasteiger partial charge in [-0.25, -0.2) is 8.42 Å². The van der Waals surface area contributed by atoms with E-state index in [2.05, 4.69) is 4.74 Å². The lowest BCUT2D eigenvalue weighted by atomic mass is 10.1. The van der Waals surface area contributed by atoms with Crippen molar-refractivity contribution in [2.75, 3.05) is 21.3 Å². The second-order valence-electron chi connectivity index (χ2n) is 3.51. The van der Waals surface area contributed by atoms with Crippen molar-refractivity contribution in [3.8, 4) is 11.5 Å². The van der Waals surface area contributed by atoms with Gasteiger partial charge in [0, 0.05) is 16.7 Å². The summed E-state index contributed by atoms with van der Waals surface area (Å²) in [5, 5.41) is 0. The maximum atomic E-state index is 11.6. The first-order valence-electron chi connectivity index (χ1n) is 5.09. The van der Waals surface area contributed by atoms with Gasteiger partial charge in [0.25, 0.3) is 9.05 Å². The van der Waals surface area contributed by atoms with Crippen LogP contribution in [0.25, 0.3) is 0 Å². The van der Waals surface area contributed by atoms with E-state index < -0.39 is 15.0 Å². The van der Waals surface area contributed by atoms with Crippen molar-refractivity contribution in [2.24, 2.45) is 0 Å².